The molecule has 4 rings (SSSR count). The summed E-state index contributed by atoms with van der Waals surface area (Å²) >= 11 is 0. The van der Waals surface area contributed by atoms with Crippen molar-refractivity contribution in [3.8, 4) is 11.5 Å². The Morgan fingerprint density at radius 2 is 1.79 bits per heavy atom. The van der Waals surface area contributed by atoms with Gasteiger partial charge in [-0.2, -0.15) is 0 Å². The van der Waals surface area contributed by atoms with Crippen LogP contribution in [0, 0.1) is 0 Å². The standard InChI is InChI=1S/C21H32N4O3/c1-5-22-15-18(25(20(22)26)21(2,3)4)24-11-9-23(10-12-24)16-7-6-8-17-19(16)28-14-13-27-17/h6-8,18H,5,9-15H2,1-4H3. The SMILES string of the molecule is CCN1CC(N2CCN(c3cccc4c3OCCO4)CC2)N(C(C)(C)C)C1=O. The average Bonchev–Trinajstić information content (AvgIpc) is 3.04. The molecule has 0 bridgehead atoms. The fourth-order valence-electron chi connectivity index (χ4n) is 4.48. The first-order valence-electron chi connectivity index (χ1n) is 10.4. The maximum absolute atomic E-state index is 12.9. The maximum atomic E-state index is 12.9. The summed E-state index contributed by atoms with van der Waals surface area (Å²) in [5.74, 6) is 1.71. The second-order valence-corrected chi connectivity index (χ2v) is 8.67. The molecule has 0 aromatic heterocycles. The van der Waals surface area contributed by atoms with Gasteiger partial charge in [-0.25, -0.2) is 4.79 Å². The number of rotatable bonds is 3. The number of benzene rings is 1. The van der Waals surface area contributed by atoms with E-state index < -0.39 is 0 Å². The number of anilines is 1. The van der Waals surface area contributed by atoms with Gasteiger partial charge in [-0.1, -0.05) is 6.07 Å². The van der Waals surface area contributed by atoms with Gasteiger partial charge in [0.2, 0.25) is 0 Å². The highest BCUT2D eigenvalue weighted by atomic mass is 16.6. The molecular formula is C21H32N4O3. The van der Waals surface area contributed by atoms with Crippen molar-refractivity contribution in [3.63, 3.8) is 0 Å². The van der Waals surface area contributed by atoms with Gasteiger partial charge in [0.15, 0.2) is 11.5 Å². The second kappa shape index (κ2) is 7.35. The van der Waals surface area contributed by atoms with E-state index in [0.29, 0.717) is 13.2 Å². The summed E-state index contributed by atoms with van der Waals surface area (Å²) in [7, 11) is 0. The van der Waals surface area contributed by atoms with Crippen molar-refractivity contribution in [2.24, 2.45) is 0 Å². The molecule has 154 valence electrons. The summed E-state index contributed by atoms with van der Waals surface area (Å²) in [5, 5.41) is 0. The Bertz CT molecular complexity index is 725. The second-order valence-electron chi connectivity index (χ2n) is 8.67. The lowest BCUT2D eigenvalue weighted by Crippen LogP contribution is -2.59. The van der Waals surface area contributed by atoms with Crippen LogP contribution in [0.5, 0.6) is 11.5 Å². The number of hydrogen-bond donors (Lipinski definition) is 0. The van der Waals surface area contributed by atoms with Gasteiger partial charge in [0.05, 0.1) is 12.2 Å². The molecule has 2 saturated heterocycles. The third kappa shape index (κ3) is 3.36. The summed E-state index contributed by atoms with van der Waals surface area (Å²) in [5.41, 5.74) is 0.925. The number of urea groups is 1. The Balaban J connectivity index is 1.48. The minimum Gasteiger partial charge on any atom is -0.486 e. The van der Waals surface area contributed by atoms with Gasteiger partial charge in [-0.05, 0) is 39.8 Å². The Labute approximate surface area is 167 Å². The first-order valence-corrected chi connectivity index (χ1v) is 10.4. The van der Waals surface area contributed by atoms with Crippen LogP contribution < -0.4 is 14.4 Å². The van der Waals surface area contributed by atoms with E-state index in [4.69, 9.17) is 9.47 Å². The van der Waals surface area contributed by atoms with Crippen molar-refractivity contribution in [3.05, 3.63) is 18.2 Å². The molecule has 1 aromatic rings. The third-order valence-corrected chi connectivity index (χ3v) is 5.88. The number of nitrogens with zero attached hydrogens (tertiary/aromatic N) is 4. The van der Waals surface area contributed by atoms with Crippen molar-refractivity contribution in [2.45, 2.75) is 39.4 Å². The Morgan fingerprint density at radius 3 is 2.46 bits per heavy atom. The number of ether oxygens (including phenoxy) is 2. The van der Waals surface area contributed by atoms with Crippen LogP contribution in [0.4, 0.5) is 10.5 Å². The van der Waals surface area contributed by atoms with E-state index in [2.05, 4.69) is 48.5 Å². The maximum Gasteiger partial charge on any atom is 0.321 e. The first-order chi connectivity index (χ1) is 13.4. The van der Waals surface area contributed by atoms with Crippen LogP contribution in [0.3, 0.4) is 0 Å². The molecule has 28 heavy (non-hydrogen) atoms. The summed E-state index contributed by atoms with van der Waals surface area (Å²) in [6.45, 7) is 14.8. The minimum atomic E-state index is -0.188. The van der Waals surface area contributed by atoms with Crippen LogP contribution in [0.2, 0.25) is 0 Å². The van der Waals surface area contributed by atoms with Crippen molar-refractivity contribution < 1.29 is 14.3 Å². The van der Waals surface area contributed by atoms with Gasteiger partial charge in [-0.3, -0.25) is 4.90 Å². The lowest BCUT2D eigenvalue weighted by Gasteiger charge is -2.45. The van der Waals surface area contributed by atoms with Gasteiger partial charge in [0, 0.05) is 38.3 Å². The Morgan fingerprint density at radius 1 is 1.07 bits per heavy atom. The number of amides is 2. The van der Waals surface area contributed by atoms with Crippen molar-refractivity contribution >= 4 is 11.7 Å². The highest BCUT2D eigenvalue weighted by Gasteiger charge is 2.45. The molecule has 0 radical (unpaired) electrons. The quantitative estimate of drug-likeness (QED) is 0.796. The Kier molecular flexibility index (Phi) is 5.04. The zero-order valence-electron chi connectivity index (χ0n) is 17.5. The van der Waals surface area contributed by atoms with E-state index in [1.54, 1.807) is 0 Å². The van der Waals surface area contributed by atoms with Gasteiger partial charge < -0.3 is 24.2 Å². The number of hydrogen-bond acceptors (Lipinski definition) is 5. The zero-order chi connectivity index (χ0) is 19.9. The summed E-state index contributed by atoms with van der Waals surface area (Å²) < 4.78 is 11.6. The van der Waals surface area contributed by atoms with E-state index >= 15 is 0 Å². The smallest absolute Gasteiger partial charge is 0.321 e. The lowest BCUT2D eigenvalue weighted by atomic mass is 10.1. The number of carbonyl (C=O) groups excluding carboxylic acids is 1. The van der Waals surface area contributed by atoms with Crippen LogP contribution in [0.25, 0.3) is 0 Å². The van der Waals surface area contributed by atoms with Crippen LogP contribution in [0.1, 0.15) is 27.7 Å². The minimum absolute atomic E-state index is 0.138. The van der Waals surface area contributed by atoms with Crippen LogP contribution in [0.15, 0.2) is 18.2 Å². The molecule has 1 unspecified atom stereocenters. The molecule has 0 aliphatic carbocycles. The fourth-order valence-corrected chi connectivity index (χ4v) is 4.48. The lowest BCUT2D eigenvalue weighted by molar-refractivity contribution is 0.0410. The van der Waals surface area contributed by atoms with Crippen LogP contribution in [-0.4, -0.2) is 84.9 Å². The Hall–Kier alpha value is -2.15. The van der Waals surface area contributed by atoms with Crippen LogP contribution in [-0.2, 0) is 0 Å². The summed E-state index contributed by atoms with van der Waals surface area (Å²) in [6.07, 6.45) is 0.138. The van der Waals surface area contributed by atoms with Crippen molar-refractivity contribution in [2.75, 3.05) is 57.4 Å². The van der Waals surface area contributed by atoms with E-state index in [0.717, 1.165) is 56.5 Å². The van der Waals surface area contributed by atoms with E-state index in [-0.39, 0.29) is 17.7 Å². The van der Waals surface area contributed by atoms with Gasteiger partial charge in [0.25, 0.3) is 0 Å². The van der Waals surface area contributed by atoms with Gasteiger partial charge >= 0.3 is 6.03 Å². The predicted molar refractivity (Wildman–Crippen MR) is 109 cm³/mol. The topological polar surface area (TPSA) is 48.5 Å². The van der Waals surface area contributed by atoms with E-state index in [1.807, 2.05) is 17.0 Å². The molecule has 7 heteroatoms. The molecule has 7 nitrogen and oxygen atoms in total. The number of piperazine rings is 1. The van der Waals surface area contributed by atoms with E-state index in [9.17, 15) is 4.79 Å². The van der Waals surface area contributed by atoms with E-state index in [1.165, 1.54) is 0 Å². The van der Waals surface area contributed by atoms with Crippen molar-refractivity contribution in [1.82, 2.24) is 14.7 Å². The molecule has 3 heterocycles. The predicted octanol–water partition coefficient (Wildman–Crippen LogP) is 2.46. The largest absolute Gasteiger partial charge is 0.486 e. The molecule has 0 saturated carbocycles. The monoisotopic (exact) mass is 388 g/mol. The van der Waals surface area contributed by atoms with Crippen LogP contribution >= 0.6 is 0 Å². The zero-order valence-corrected chi connectivity index (χ0v) is 17.5. The van der Waals surface area contributed by atoms with Crippen molar-refractivity contribution in [1.29, 1.82) is 0 Å². The molecular weight excluding hydrogens is 356 g/mol. The fraction of sp³-hybridized carbons (Fsp3) is 0.667. The van der Waals surface area contributed by atoms with Gasteiger partial charge in [-0.15, -0.1) is 0 Å². The molecule has 0 spiro atoms. The molecule has 2 amide bonds. The highest BCUT2D eigenvalue weighted by molar-refractivity contribution is 5.78. The normalized spacial score (nSPS) is 23.5. The average molecular weight is 389 g/mol. The number of para-hydroxylation sites is 1. The number of carbonyl (C=O) groups is 1. The summed E-state index contributed by atoms with van der Waals surface area (Å²) in [6, 6.07) is 6.28. The van der Waals surface area contributed by atoms with Gasteiger partial charge in [0.1, 0.15) is 19.4 Å². The molecule has 0 N–H and O–H groups in total. The number of likely N-dealkylation sites (N-methyl/N-ethyl adjacent to an activating group) is 1. The molecule has 2 fully saturated rings. The summed E-state index contributed by atoms with van der Waals surface area (Å²) in [4.78, 5) is 21.7. The number of fused-ring (bicyclic) bond motifs is 1. The highest BCUT2D eigenvalue weighted by Crippen LogP contribution is 2.40. The molecule has 3 aliphatic heterocycles. The molecule has 1 atom stereocenters. The third-order valence-electron chi connectivity index (χ3n) is 5.88. The first kappa shape index (κ1) is 19.2. The molecule has 1 aromatic carbocycles. The molecule has 3 aliphatic rings.